The molecule has 0 aliphatic rings. The van der Waals surface area contributed by atoms with Crippen LogP contribution in [-0.2, 0) is 9.59 Å². The molecule has 8 heteroatoms. The molecule has 0 aliphatic carbocycles. The van der Waals surface area contributed by atoms with Crippen LogP contribution in [0.3, 0.4) is 0 Å². The summed E-state index contributed by atoms with van der Waals surface area (Å²) in [6, 6.07) is 19.1. The average Bonchev–Trinajstić information content (AvgIpc) is 3.55. The molecule has 0 amide bonds. The Balaban J connectivity index is 1.55. The van der Waals surface area contributed by atoms with Crippen molar-refractivity contribution in [2.45, 2.75) is 0 Å². The number of nitrogens with zero attached hydrogens (tertiary/aromatic N) is 2. The molecule has 0 fully saturated rings. The van der Waals surface area contributed by atoms with Gasteiger partial charge in [0.15, 0.2) is 10.0 Å². The molecule has 0 saturated heterocycles. The van der Waals surface area contributed by atoms with Crippen molar-refractivity contribution in [3.63, 3.8) is 0 Å². The number of thiazole rings is 2. The van der Waals surface area contributed by atoms with Crippen LogP contribution in [0.4, 0.5) is 0 Å². The Labute approximate surface area is 215 Å². The highest BCUT2D eigenvalue weighted by atomic mass is 32.1. The second-order valence-corrected chi connectivity index (χ2v) is 9.10. The highest BCUT2D eigenvalue weighted by Gasteiger charge is 2.18. The topological polar surface area (TPSA) is 100 Å². The molecule has 4 rings (SSSR count). The second kappa shape index (κ2) is 11.8. The van der Waals surface area contributed by atoms with Gasteiger partial charge in [-0.15, -0.1) is 22.7 Å². The van der Waals surface area contributed by atoms with Crippen LogP contribution in [0.25, 0.3) is 33.3 Å². The molecule has 0 saturated carbocycles. The monoisotopic (exact) mass is 512 g/mol. The standard InChI is InChI=1S/C28H20N2O4S2/c31-27(32)21(15-7-13-19-9-3-1-4-10-19)23-17-35-25(29-23)26-30-24(18-36-26)22(28(33)34)16-8-14-20-11-5-2-6-12-20/h1-18H,(H,31,32)(H,33,34)/b13-7+,14-8?,21-15-,22-16?. The maximum atomic E-state index is 11.8. The fourth-order valence-electron chi connectivity index (χ4n) is 3.16. The average molecular weight is 513 g/mol. The van der Waals surface area contributed by atoms with E-state index in [1.807, 2.05) is 72.8 Å². The van der Waals surface area contributed by atoms with E-state index in [4.69, 9.17) is 0 Å². The van der Waals surface area contributed by atoms with E-state index in [2.05, 4.69) is 9.97 Å². The first kappa shape index (κ1) is 24.7. The number of benzene rings is 2. The first-order chi connectivity index (χ1) is 17.5. The summed E-state index contributed by atoms with van der Waals surface area (Å²) in [6.45, 7) is 0. The van der Waals surface area contributed by atoms with Gasteiger partial charge in [0.05, 0.1) is 22.5 Å². The minimum Gasteiger partial charge on any atom is -0.478 e. The van der Waals surface area contributed by atoms with Crippen molar-refractivity contribution in [1.29, 1.82) is 0 Å². The van der Waals surface area contributed by atoms with Crippen LogP contribution in [0.1, 0.15) is 22.5 Å². The van der Waals surface area contributed by atoms with Gasteiger partial charge in [-0.05, 0) is 23.3 Å². The Hall–Kier alpha value is -4.40. The SMILES string of the molecule is O=C(O)C(=CC=Cc1ccccc1)c1csc(-c2nc(/C(=C/C=C/c3ccccc3)C(=O)O)cs2)n1. The van der Waals surface area contributed by atoms with E-state index in [9.17, 15) is 19.8 Å². The predicted molar refractivity (Wildman–Crippen MR) is 145 cm³/mol. The van der Waals surface area contributed by atoms with Gasteiger partial charge in [0.25, 0.3) is 0 Å². The highest BCUT2D eigenvalue weighted by molar-refractivity contribution is 7.19. The van der Waals surface area contributed by atoms with Gasteiger partial charge in [0.1, 0.15) is 0 Å². The molecule has 6 nitrogen and oxygen atoms in total. The number of aromatic nitrogens is 2. The van der Waals surface area contributed by atoms with E-state index in [1.54, 1.807) is 22.9 Å². The molecule has 2 aromatic carbocycles. The molecule has 0 spiro atoms. The van der Waals surface area contributed by atoms with E-state index in [-0.39, 0.29) is 11.1 Å². The first-order valence-corrected chi connectivity index (χ1v) is 12.5. The third-order valence-electron chi connectivity index (χ3n) is 4.91. The molecule has 36 heavy (non-hydrogen) atoms. The number of allylic oxidation sites excluding steroid dienone is 4. The van der Waals surface area contributed by atoms with Crippen LogP contribution in [0.15, 0.2) is 95.7 Å². The van der Waals surface area contributed by atoms with Gasteiger partial charge >= 0.3 is 11.9 Å². The molecule has 178 valence electrons. The van der Waals surface area contributed by atoms with Crippen LogP contribution >= 0.6 is 22.7 Å². The van der Waals surface area contributed by atoms with Gasteiger partial charge in [-0.1, -0.05) is 85.0 Å². The fraction of sp³-hybridized carbons (Fsp3) is 0. The number of aliphatic carboxylic acids is 2. The maximum Gasteiger partial charge on any atom is 0.337 e. The molecule has 0 unspecified atom stereocenters. The van der Waals surface area contributed by atoms with Gasteiger partial charge in [-0.2, -0.15) is 0 Å². The summed E-state index contributed by atoms with van der Waals surface area (Å²) >= 11 is 2.51. The van der Waals surface area contributed by atoms with Crippen molar-refractivity contribution in [1.82, 2.24) is 9.97 Å². The van der Waals surface area contributed by atoms with E-state index in [1.165, 1.54) is 34.8 Å². The van der Waals surface area contributed by atoms with Crippen LogP contribution in [-0.4, -0.2) is 32.1 Å². The Morgan fingerprint density at radius 2 is 1.03 bits per heavy atom. The third-order valence-corrected chi connectivity index (χ3v) is 6.73. The summed E-state index contributed by atoms with van der Waals surface area (Å²) in [7, 11) is 0. The van der Waals surface area contributed by atoms with Gasteiger partial charge in [0, 0.05) is 10.8 Å². The van der Waals surface area contributed by atoms with Crippen molar-refractivity contribution >= 4 is 57.9 Å². The number of hydrogen-bond donors (Lipinski definition) is 2. The summed E-state index contributed by atoms with van der Waals surface area (Å²) in [5.74, 6) is -2.18. The van der Waals surface area contributed by atoms with E-state index in [0.29, 0.717) is 21.4 Å². The van der Waals surface area contributed by atoms with Crippen LogP contribution in [0.2, 0.25) is 0 Å². The summed E-state index contributed by atoms with van der Waals surface area (Å²) in [5.41, 5.74) is 2.65. The third kappa shape index (κ3) is 6.38. The van der Waals surface area contributed by atoms with Gasteiger partial charge < -0.3 is 10.2 Å². The maximum absolute atomic E-state index is 11.8. The minimum absolute atomic E-state index is 0.0543. The van der Waals surface area contributed by atoms with Gasteiger partial charge in [-0.25, -0.2) is 19.6 Å². The molecule has 2 N–H and O–H groups in total. The van der Waals surface area contributed by atoms with E-state index >= 15 is 0 Å². The zero-order chi connectivity index (χ0) is 25.3. The number of hydrogen-bond acceptors (Lipinski definition) is 6. The molecule has 4 aromatic rings. The first-order valence-electron chi connectivity index (χ1n) is 10.8. The Morgan fingerprint density at radius 3 is 1.39 bits per heavy atom. The summed E-state index contributed by atoms with van der Waals surface area (Å²) in [5, 5.41) is 23.7. The Morgan fingerprint density at radius 1 is 0.639 bits per heavy atom. The highest BCUT2D eigenvalue weighted by Crippen LogP contribution is 2.31. The Bertz CT molecular complexity index is 1370. The van der Waals surface area contributed by atoms with Crippen molar-refractivity contribution < 1.29 is 19.8 Å². The lowest BCUT2D eigenvalue weighted by Gasteiger charge is -1.97. The summed E-state index contributed by atoms with van der Waals surface area (Å²) in [4.78, 5) is 32.6. The largest absolute Gasteiger partial charge is 0.478 e. The van der Waals surface area contributed by atoms with Crippen molar-refractivity contribution in [2.24, 2.45) is 0 Å². The number of carboxylic acid groups (broad SMARTS) is 2. The van der Waals surface area contributed by atoms with Crippen LogP contribution < -0.4 is 0 Å². The molecular weight excluding hydrogens is 492 g/mol. The van der Waals surface area contributed by atoms with Crippen LogP contribution in [0, 0.1) is 0 Å². The lowest BCUT2D eigenvalue weighted by molar-refractivity contribution is -0.131. The minimum atomic E-state index is -1.09. The van der Waals surface area contributed by atoms with Gasteiger partial charge in [-0.3, -0.25) is 0 Å². The molecular formula is C28H20N2O4S2. The number of carbonyl (C=O) groups is 2. The number of carboxylic acids is 2. The predicted octanol–water partition coefficient (Wildman–Crippen LogP) is 6.63. The molecule has 0 radical (unpaired) electrons. The quantitative estimate of drug-likeness (QED) is 0.193. The normalized spacial score (nSPS) is 12.4. The lowest BCUT2D eigenvalue weighted by atomic mass is 10.1. The summed E-state index contributed by atoms with van der Waals surface area (Å²) in [6.07, 6.45) is 9.99. The fourth-order valence-corrected chi connectivity index (χ4v) is 4.85. The number of rotatable bonds is 9. The summed E-state index contributed by atoms with van der Waals surface area (Å²) < 4.78 is 0. The van der Waals surface area contributed by atoms with Gasteiger partial charge in [0.2, 0.25) is 0 Å². The Kier molecular flexibility index (Phi) is 8.12. The lowest BCUT2D eigenvalue weighted by Crippen LogP contribution is -2.00. The molecule has 2 aromatic heterocycles. The smallest absolute Gasteiger partial charge is 0.337 e. The molecule has 0 bridgehead atoms. The van der Waals surface area contributed by atoms with Crippen molar-refractivity contribution in [3.05, 3.63) is 118 Å². The molecule has 0 aliphatic heterocycles. The zero-order valence-electron chi connectivity index (χ0n) is 18.8. The second-order valence-electron chi connectivity index (χ2n) is 7.39. The zero-order valence-corrected chi connectivity index (χ0v) is 20.4. The van der Waals surface area contributed by atoms with Crippen molar-refractivity contribution in [3.8, 4) is 10.0 Å². The van der Waals surface area contributed by atoms with Crippen molar-refractivity contribution in [2.75, 3.05) is 0 Å². The van der Waals surface area contributed by atoms with E-state index in [0.717, 1.165) is 11.1 Å². The molecule has 0 atom stereocenters. The van der Waals surface area contributed by atoms with E-state index < -0.39 is 11.9 Å². The van der Waals surface area contributed by atoms with Crippen LogP contribution in [0.5, 0.6) is 0 Å². The molecule has 2 heterocycles.